The van der Waals surface area contributed by atoms with Crippen molar-refractivity contribution >= 4 is 11.9 Å². The standard InChI is InChI=1S/C13H28O3.C11H24O.C10H22O3.2C10H20O3.C10H20O2.C10H22O2.C8H18O2/c1-6-11(3)8-15-13(5)10-16-12(4)9-14-7-2;1-3-5-7-9-11-12-10-8-6-4-2;2*1-3-5-6-12-9-10-13-8-7-11-4-2;1-3-5-7-12-9-10(11)13-8-6-4-2;1-3-5-6-7-9-12-10(11)8-4-2;1-3-5-7-11-9-10-12-8-6-4-2;1-3-6-10-8-5-7-9-4-2/h11-13H,6-10H2,1-5H3;3-11H2,1-2H3;3-10H2,1-2H3;9-10H,3-8H2,1-2H3;3-9H2,1-2H3;3-9H2,1-2H3;3-10H2,1-2H3;3-8H2,1-2H3/b;;;10-9+;;;;. The maximum absolute atomic E-state index is 10.9. The molecule has 0 aromatic heterocycles. The Bertz CT molecular complexity index is 1310. The number of unbranched alkanes of at least 4 members (excludes halogenated alkanes) is 14. The van der Waals surface area contributed by atoms with Crippen LogP contribution in [0.3, 0.4) is 0 Å². The molecule has 0 radical (unpaired) electrons. The van der Waals surface area contributed by atoms with Gasteiger partial charge in [0, 0.05) is 98.9 Å². The molecular formula is C82H174O19. The fraction of sp³-hybridized carbons (Fsp3) is 0.951. The number of carbonyl (C=O) groups is 2. The number of rotatable bonds is 69. The lowest BCUT2D eigenvalue weighted by Gasteiger charge is -2.19. The molecule has 19 nitrogen and oxygen atoms in total. The van der Waals surface area contributed by atoms with Gasteiger partial charge in [0.05, 0.1) is 91.5 Å². The van der Waals surface area contributed by atoms with Crippen LogP contribution in [0.4, 0.5) is 0 Å². The second-order valence-electron chi connectivity index (χ2n) is 24.3. The molecule has 0 rings (SSSR count). The summed E-state index contributed by atoms with van der Waals surface area (Å²) >= 11 is 0. The Morgan fingerprint density at radius 2 is 0.584 bits per heavy atom. The molecule has 0 spiro atoms. The third-order valence-electron chi connectivity index (χ3n) is 13.7. The first-order chi connectivity index (χ1) is 49.3. The highest BCUT2D eigenvalue weighted by Gasteiger charge is 2.09. The SMILES string of the molecule is CCCCCCOC(=O)CCC.CCCCCCOCCCCC.CCCCO/C=C/OCCOCC.CCCCOCC(=O)OCCCC.CCCCOCCOCCCC.CCCCOCCOCCOCC.CCCOCCCOCC.CCOCC(C)OCC(C)OCC(C)CC. The highest BCUT2D eigenvalue weighted by Crippen LogP contribution is 2.06. The number of hydrogen-bond donors (Lipinski definition) is 0. The van der Waals surface area contributed by atoms with Crippen LogP contribution in [0.5, 0.6) is 0 Å². The monoisotopic (exact) mass is 1460 g/mol. The van der Waals surface area contributed by atoms with Gasteiger partial charge in [-0.2, -0.15) is 0 Å². The average molecular weight is 1460 g/mol. The van der Waals surface area contributed by atoms with Crippen LogP contribution in [0, 0.1) is 5.92 Å². The fourth-order valence-electron chi connectivity index (χ4n) is 7.07. The molecule has 0 heterocycles. The Balaban J connectivity index is -0.000000164. The van der Waals surface area contributed by atoms with Gasteiger partial charge >= 0.3 is 11.9 Å². The fourth-order valence-corrected chi connectivity index (χ4v) is 7.07. The minimum absolute atomic E-state index is 0.0472. The van der Waals surface area contributed by atoms with Crippen LogP contribution in [-0.2, 0) is 90.1 Å². The van der Waals surface area contributed by atoms with E-state index in [4.69, 9.17) is 80.5 Å². The van der Waals surface area contributed by atoms with E-state index in [-0.39, 0.29) is 30.8 Å². The first kappa shape index (κ1) is 115. The smallest absolute Gasteiger partial charge is 0.332 e. The van der Waals surface area contributed by atoms with Gasteiger partial charge in [0.2, 0.25) is 0 Å². The summed E-state index contributed by atoms with van der Waals surface area (Å²) in [6.07, 6.45) is 35.3. The van der Waals surface area contributed by atoms with E-state index in [2.05, 4.69) is 90.0 Å². The van der Waals surface area contributed by atoms with Crippen molar-refractivity contribution in [1.82, 2.24) is 0 Å². The highest BCUT2D eigenvalue weighted by atomic mass is 16.6. The van der Waals surface area contributed by atoms with Crippen LogP contribution in [0.1, 0.15) is 311 Å². The molecule has 0 aliphatic carbocycles. The van der Waals surface area contributed by atoms with Gasteiger partial charge in [0.1, 0.15) is 25.7 Å². The number of hydrogen-bond acceptors (Lipinski definition) is 19. The van der Waals surface area contributed by atoms with Crippen molar-refractivity contribution in [3.63, 3.8) is 0 Å². The van der Waals surface area contributed by atoms with E-state index in [1.54, 1.807) is 12.5 Å². The number of esters is 2. The molecule has 0 aromatic rings. The maximum atomic E-state index is 10.9. The summed E-state index contributed by atoms with van der Waals surface area (Å²) in [6, 6.07) is 0. The van der Waals surface area contributed by atoms with Crippen LogP contribution in [-0.4, -0.2) is 209 Å². The third kappa shape index (κ3) is 141. The van der Waals surface area contributed by atoms with Gasteiger partial charge in [-0.25, -0.2) is 4.79 Å². The van der Waals surface area contributed by atoms with E-state index >= 15 is 0 Å². The lowest BCUT2D eigenvalue weighted by atomic mass is 10.1. The van der Waals surface area contributed by atoms with Crippen molar-refractivity contribution in [3.8, 4) is 0 Å². The third-order valence-corrected chi connectivity index (χ3v) is 13.7. The van der Waals surface area contributed by atoms with Gasteiger partial charge in [-0.15, -0.1) is 0 Å². The maximum Gasteiger partial charge on any atom is 0.332 e. The summed E-state index contributed by atoms with van der Waals surface area (Å²) in [5.74, 6) is 0.335. The van der Waals surface area contributed by atoms with Gasteiger partial charge in [0.25, 0.3) is 0 Å². The van der Waals surface area contributed by atoms with Crippen molar-refractivity contribution in [1.29, 1.82) is 0 Å². The molecule has 101 heavy (non-hydrogen) atoms. The first-order valence-electron chi connectivity index (χ1n) is 41.1. The second-order valence-corrected chi connectivity index (χ2v) is 24.3. The quantitative estimate of drug-likeness (QED) is 0.0317. The van der Waals surface area contributed by atoms with Crippen LogP contribution in [0.2, 0.25) is 0 Å². The molecular weight excluding hydrogens is 1290 g/mol. The Kier molecular flexibility index (Phi) is 135. The van der Waals surface area contributed by atoms with E-state index in [0.29, 0.717) is 85.0 Å². The molecule has 616 valence electrons. The van der Waals surface area contributed by atoms with Crippen LogP contribution in [0.15, 0.2) is 12.5 Å². The van der Waals surface area contributed by atoms with Crippen molar-refractivity contribution in [2.24, 2.45) is 5.92 Å². The van der Waals surface area contributed by atoms with E-state index in [1.165, 1.54) is 83.5 Å². The Morgan fingerprint density at radius 1 is 0.257 bits per heavy atom. The van der Waals surface area contributed by atoms with Crippen LogP contribution >= 0.6 is 0 Å². The van der Waals surface area contributed by atoms with Gasteiger partial charge in [0.15, 0.2) is 0 Å². The largest absolute Gasteiger partial charge is 0.498 e. The van der Waals surface area contributed by atoms with Gasteiger partial charge < -0.3 is 80.5 Å². The summed E-state index contributed by atoms with van der Waals surface area (Å²) < 4.78 is 89.1. The van der Waals surface area contributed by atoms with Crippen molar-refractivity contribution < 1.29 is 90.1 Å². The van der Waals surface area contributed by atoms with Crippen molar-refractivity contribution in [2.75, 3.05) is 185 Å². The lowest BCUT2D eigenvalue weighted by Crippen LogP contribution is -2.24. The minimum atomic E-state index is -0.246. The minimum Gasteiger partial charge on any atom is -0.498 e. The molecule has 0 amide bonds. The van der Waals surface area contributed by atoms with E-state index in [0.717, 1.165) is 196 Å². The van der Waals surface area contributed by atoms with Gasteiger partial charge in [-0.1, -0.05) is 186 Å². The molecule has 3 unspecified atom stereocenters. The Hall–Kier alpha value is -2.24. The Morgan fingerprint density at radius 3 is 1.06 bits per heavy atom. The molecule has 0 saturated carbocycles. The van der Waals surface area contributed by atoms with Crippen LogP contribution < -0.4 is 0 Å². The molecule has 0 aromatic carbocycles. The summed E-state index contributed by atoms with van der Waals surface area (Å²) in [6.45, 7) is 60.3. The molecule has 3 atom stereocenters. The lowest BCUT2D eigenvalue weighted by molar-refractivity contribution is -0.149. The second kappa shape index (κ2) is 119. The molecule has 0 aliphatic rings. The number of ether oxygens (including phenoxy) is 17. The van der Waals surface area contributed by atoms with E-state index in [1.807, 2.05) is 41.5 Å². The first-order valence-corrected chi connectivity index (χ1v) is 41.1. The van der Waals surface area contributed by atoms with Crippen LogP contribution in [0.25, 0.3) is 0 Å². The van der Waals surface area contributed by atoms with Gasteiger partial charge in [-0.3, -0.25) is 4.79 Å². The summed E-state index contributed by atoms with van der Waals surface area (Å²) in [7, 11) is 0. The molecule has 0 saturated heterocycles. The summed E-state index contributed by atoms with van der Waals surface area (Å²) in [5, 5.41) is 0. The zero-order chi connectivity index (χ0) is 76.9. The zero-order valence-electron chi connectivity index (χ0n) is 70.2. The predicted molar refractivity (Wildman–Crippen MR) is 422 cm³/mol. The van der Waals surface area contributed by atoms with Crippen molar-refractivity contribution in [2.45, 2.75) is 324 Å². The molecule has 0 bridgehead atoms. The summed E-state index contributed by atoms with van der Waals surface area (Å²) in [4.78, 5) is 21.8. The number of carbonyl (C=O) groups excluding carboxylic acids is 2. The summed E-state index contributed by atoms with van der Waals surface area (Å²) in [5.41, 5.74) is 0. The highest BCUT2D eigenvalue weighted by molar-refractivity contribution is 5.70. The zero-order valence-corrected chi connectivity index (χ0v) is 70.2. The molecule has 0 fully saturated rings. The molecule has 0 N–H and O–H groups in total. The predicted octanol–water partition coefficient (Wildman–Crippen LogP) is 20.4. The van der Waals surface area contributed by atoms with Gasteiger partial charge in [-0.05, 0) is 125 Å². The molecule has 19 heteroatoms. The van der Waals surface area contributed by atoms with E-state index < -0.39 is 0 Å². The van der Waals surface area contributed by atoms with E-state index in [9.17, 15) is 9.59 Å². The normalized spacial score (nSPS) is 11.4. The van der Waals surface area contributed by atoms with Crippen molar-refractivity contribution in [3.05, 3.63) is 12.5 Å². The molecule has 0 aliphatic heterocycles. The topological polar surface area (TPSA) is 191 Å². The Labute approximate surface area is 626 Å². The average Bonchev–Trinajstić information content (AvgIpc) is 2.23.